The van der Waals surface area contributed by atoms with Crippen LogP contribution in [0, 0.1) is 5.82 Å². The van der Waals surface area contributed by atoms with Crippen molar-refractivity contribution >= 4 is 17.5 Å². The maximum atomic E-state index is 14.3. The maximum absolute atomic E-state index is 14.3. The number of carbonyl (C=O) groups is 2. The average Bonchev–Trinajstić information content (AvgIpc) is 3.31. The fraction of sp³-hybridized carbons (Fsp3) is 0.0800. The molecule has 1 aromatic heterocycles. The molecule has 166 valence electrons. The number of hydrogen-bond acceptors (Lipinski definition) is 6. The fourth-order valence-corrected chi connectivity index (χ4v) is 4.21. The van der Waals surface area contributed by atoms with E-state index in [1.807, 2.05) is 30.3 Å². The van der Waals surface area contributed by atoms with Crippen molar-refractivity contribution in [2.75, 3.05) is 0 Å². The van der Waals surface area contributed by atoms with E-state index in [0.717, 1.165) is 10.6 Å². The normalized spacial score (nSPS) is 14.4. The van der Waals surface area contributed by atoms with Crippen LogP contribution in [-0.4, -0.2) is 37.4 Å². The molecule has 0 spiro atoms. The van der Waals surface area contributed by atoms with Gasteiger partial charge >= 0.3 is 0 Å². The Morgan fingerprint density at radius 3 is 2.29 bits per heavy atom. The minimum Gasteiger partial charge on any atom is -0.279 e. The highest BCUT2D eigenvalue weighted by Crippen LogP contribution is 2.28. The number of fused-ring (bicyclic) bond motifs is 4. The van der Waals surface area contributed by atoms with E-state index < -0.39 is 17.6 Å². The summed E-state index contributed by atoms with van der Waals surface area (Å²) >= 11 is 0. The molecule has 2 aliphatic heterocycles. The van der Waals surface area contributed by atoms with Gasteiger partial charge in [0.15, 0.2) is 11.6 Å². The van der Waals surface area contributed by atoms with Crippen LogP contribution >= 0.6 is 0 Å². The molecule has 3 heterocycles. The zero-order valence-electron chi connectivity index (χ0n) is 17.7. The van der Waals surface area contributed by atoms with Crippen LogP contribution in [0.2, 0.25) is 0 Å². The summed E-state index contributed by atoms with van der Waals surface area (Å²) < 4.78 is 16.0. The Bertz CT molecular complexity index is 1460. The van der Waals surface area contributed by atoms with Crippen LogP contribution in [0.15, 0.2) is 77.8 Å². The van der Waals surface area contributed by atoms with Crippen molar-refractivity contribution in [3.05, 3.63) is 113 Å². The lowest BCUT2D eigenvalue weighted by molar-refractivity contribution is -0.103. The second kappa shape index (κ2) is 7.82. The summed E-state index contributed by atoms with van der Waals surface area (Å²) in [5.41, 5.74) is 3.25. The predicted octanol–water partition coefficient (Wildman–Crippen LogP) is 3.49. The molecular weight excluding hydrogens is 437 g/mol. The van der Waals surface area contributed by atoms with Gasteiger partial charge in [-0.1, -0.05) is 42.5 Å². The first-order valence-electron chi connectivity index (χ1n) is 10.6. The molecule has 0 saturated heterocycles. The number of hydrogen-bond donors (Lipinski definition) is 0. The van der Waals surface area contributed by atoms with Crippen molar-refractivity contribution in [1.82, 2.24) is 19.8 Å². The minimum atomic E-state index is -0.534. The van der Waals surface area contributed by atoms with E-state index in [1.54, 1.807) is 34.9 Å². The second-order valence-corrected chi connectivity index (χ2v) is 7.78. The van der Waals surface area contributed by atoms with Crippen molar-refractivity contribution in [1.29, 1.82) is 0 Å². The van der Waals surface area contributed by atoms with Crippen LogP contribution in [-0.2, 0) is 18.0 Å². The van der Waals surface area contributed by atoms with E-state index in [1.165, 1.54) is 12.1 Å². The number of amides is 2. The largest absolute Gasteiger partial charge is 0.285 e. The molecule has 4 aromatic rings. The third-order valence-corrected chi connectivity index (χ3v) is 5.76. The Morgan fingerprint density at radius 2 is 1.56 bits per heavy atom. The van der Waals surface area contributed by atoms with Gasteiger partial charge in [-0.05, 0) is 30.3 Å². The molecule has 6 rings (SSSR count). The summed E-state index contributed by atoms with van der Waals surface area (Å²) in [6, 6.07) is 20.4. The number of hydroxylamine groups is 2. The van der Waals surface area contributed by atoms with Gasteiger partial charge in [-0.3, -0.25) is 24.0 Å². The van der Waals surface area contributed by atoms with E-state index in [-0.39, 0.29) is 24.3 Å². The number of benzene rings is 3. The number of aromatic nitrogens is 3. The molecule has 2 amide bonds. The molecule has 0 aliphatic carbocycles. The highest BCUT2D eigenvalue weighted by atomic mass is 19.1. The molecule has 0 saturated carbocycles. The number of rotatable bonds is 4. The lowest BCUT2D eigenvalue weighted by Gasteiger charge is -2.16. The third kappa shape index (κ3) is 3.13. The molecular formula is C25H16FN5O3. The number of halogens is 1. The van der Waals surface area contributed by atoms with Crippen molar-refractivity contribution in [2.24, 2.45) is 4.99 Å². The molecule has 0 unspecified atom stereocenters. The zero-order valence-corrected chi connectivity index (χ0v) is 17.7. The third-order valence-electron chi connectivity index (χ3n) is 5.76. The van der Waals surface area contributed by atoms with Crippen LogP contribution in [0.3, 0.4) is 0 Å². The van der Waals surface area contributed by atoms with Gasteiger partial charge in [-0.15, -0.1) is 15.3 Å². The van der Waals surface area contributed by atoms with Gasteiger partial charge < -0.3 is 0 Å². The molecule has 0 atom stereocenters. The van der Waals surface area contributed by atoms with Crippen LogP contribution in [0.4, 0.5) is 4.39 Å². The summed E-state index contributed by atoms with van der Waals surface area (Å²) in [5, 5.41) is 9.16. The SMILES string of the molecule is O=C1c2ccccc2C(=O)N1OCc1nnc2n1-c1ccc(F)cc1C(c1ccccc1)=NC2. The van der Waals surface area contributed by atoms with Gasteiger partial charge in [0.1, 0.15) is 19.0 Å². The van der Waals surface area contributed by atoms with Crippen molar-refractivity contribution in [3.63, 3.8) is 0 Å². The number of aliphatic imine (C=N–C) groups is 1. The lowest BCUT2D eigenvalue weighted by atomic mass is 10.0. The molecule has 2 aliphatic rings. The Morgan fingerprint density at radius 1 is 0.853 bits per heavy atom. The van der Waals surface area contributed by atoms with Crippen LogP contribution < -0.4 is 0 Å². The first-order valence-corrected chi connectivity index (χ1v) is 10.6. The van der Waals surface area contributed by atoms with E-state index in [4.69, 9.17) is 4.84 Å². The zero-order chi connectivity index (χ0) is 23.2. The monoisotopic (exact) mass is 453 g/mol. The lowest BCUT2D eigenvalue weighted by Crippen LogP contribution is -2.30. The summed E-state index contributed by atoms with van der Waals surface area (Å²) in [7, 11) is 0. The van der Waals surface area contributed by atoms with E-state index in [0.29, 0.717) is 28.6 Å². The molecule has 0 fully saturated rings. The Kier molecular flexibility index (Phi) is 4.63. The fourth-order valence-electron chi connectivity index (χ4n) is 4.21. The van der Waals surface area contributed by atoms with Crippen LogP contribution in [0.1, 0.15) is 43.5 Å². The highest BCUT2D eigenvalue weighted by molar-refractivity contribution is 6.20. The summed E-state index contributed by atoms with van der Waals surface area (Å²) in [6.07, 6.45) is 0. The molecule has 0 radical (unpaired) electrons. The van der Waals surface area contributed by atoms with Gasteiger partial charge in [0.2, 0.25) is 0 Å². The van der Waals surface area contributed by atoms with Gasteiger partial charge in [0.25, 0.3) is 11.8 Å². The number of carbonyl (C=O) groups excluding carboxylic acids is 2. The number of imide groups is 1. The summed E-state index contributed by atoms with van der Waals surface area (Å²) in [4.78, 5) is 35.5. The first kappa shape index (κ1) is 20.1. The Labute approximate surface area is 192 Å². The van der Waals surface area contributed by atoms with E-state index in [2.05, 4.69) is 15.2 Å². The standard InChI is InChI=1S/C25H16FN5O3/c26-16-10-11-20-19(12-16)23(15-6-2-1-3-7-15)27-13-21-28-29-22(30(20)21)14-34-31-24(32)17-8-4-5-9-18(17)25(31)33/h1-12H,13-14H2. The molecule has 34 heavy (non-hydrogen) atoms. The Hall–Kier alpha value is -4.50. The van der Waals surface area contributed by atoms with Crippen molar-refractivity contribution < 1.29 is 18.8 Å². The summed E-state index contributed by atoms with van der Waals surface area (Å²) in [5.74, 6) is -0.590. The van der Waals surface area contributed by atoms with Gasteiger partial charge in [-0.25, -0.2) is 4.39 Å². The van der Waals surface area contributed by atoms with Gasteiger partial charge in [0, 0.05) is 11.1 Å². The van der Waals surface area contributed by atoms with Crippen LogP contribution in [0.5, 0.6) is 0 Å². The second-order valence-electron chi connectivity index (χ2n) is 7.78. The molecule has 8 nitrogen and oxygen atoms in total. The maximum Gasteiger partial charge on any atom is 0.285 e. The van der Waals surface area contributed by atoms with Crippen molar-refractivity contribution in [3.8, 4) is 5.69 Å². The van der Waals surface area contributed by atoms with E-state index in [9.17, 15) is 14.0 Å². The molecule has 3 aromatic carbocycles. The van der Waals surface area contributed by atoms with Gasteiger partial charge in [0.05, 0.1) is 22.5 Å². The minimum absolute atomic E-state index is 0.198. The number of nitrogens with zero attached hydrogens (tertiary/aromatic N) is 5. The van der Waals surface area contributed by atoms with Crippen molar-refractivity contribution in [2.45, 2.75) is 13.2 Å². The summed E-state index contributed by atoms with van der Waals surface area (Å²) in [6.45, 7) is 0.0104. The van der Waals surface area contributed by atoms with Crippen LogP contribution in [0.25, 0.3) is 5.69 Å². The molecule has 0 N–H and O–H groups in total. The van der Waals surface area contributed by atoms with Gasteiger partial charge in [-0.2, -0.15) is 0 Å². The Balaban J connectivity index is 1.36. The molecule has 9 heteroatoms. The first-order chi connectivity index (χ1) is 16.6. The topological polar surface area (TPSA) is 89.7 Å². The quantitative estimate of drug-likeness (QED) is 0.442. The smallest absolute Gasteiger partial charge is 0.279 e. The van der Waals surface area contributed by atoms with E-state index >= 15 is 0 Å². The average molecular weight is 453 g/mol. The highest BCUT2D eigenvalue weighted by Gasteiger charge is 2.37. The molecule has 0 bridgehead atoms. The predicted molar refractivity (Wildman–Crippen MR) is 119 cm³/mol.